The Morgan fingerprint density at radius 3 is 2.70 bits per heavy atom. The van der Waals surface area contributed by atoms with Crippen LogP contribution in [-0.2, 0) is 22.1 Å². The number of nitrogens with zero attached hydrogens (tertiary/aromatic N) is 1. The van der Waals surface area contributed by atoms with E-state index in [2.05, 4.69) is 9.72 Å². The Labute approximate surface area is 131 Å². The van der Waals surface area contributed by atoms with Crippen molar-refractivity contribution in [3.8, 4) is 11.3 Å². The molecule has 1 aromatic carbocycles. The molecule has 1 heterocycles. The first-order valence-corrected chi connectivity index (χ1v) is 7.09. The maximum atomic E-state index is 13.0. The van der Waals surface area contributed by atoms with Crippen LogP contribution in [0.1, 0.15) is 30.7 Å². The number of carbonyl (C=O) groups excluding carboxylic acids is 1. The van der Waals surface area contributed by atoms with Gasteiger partial charge in [-0.05, 0) is 18.9 Å². The zero-order valence-electron chi connectivity index (χ0n) is 12.5. The molecular formula is C16H16F3NO3. The molecule has 4 nitrogen and oxygen atoms in total. The van der Waals surface area contributed by atoms with Crippen LogP contribution < -0.4 is 0 Å². The van der Waals surface area contributed by atoms with E-state index >= 15 is 0 Å². The van der Waals surface area contributed by atoms with Crippen molar-refractivity contribution >= 4 is 5.97 Å². The van der Waals surface area contributed by atoms with Crippen molar-refractivity contribution < 1.29 is 27.1 Å². The molecule has 7 heteroatoms. The van der Waals surface area contributed by atoms with Crippen LogP contribution in [0, 0.1) is 0 Å². The van der Waals surface area contributed by atoms with Crippen molar-refractivity contribution in [1.82, 2.24) is 4.98 Å². The lowest BCUT2D eigenvalue weighted by Gasteiger charge is -2.10. The minimum Gasteiger partial charge on any atom is -0.469 e. The maximum Gasteiger partial charge on any atom is 0.417 e. The number of methoxy groups -OCH3 is 1. The lowest BCUT2D eigenvalue weighted by atomic mass is 10.1. The Morgan fingerprint density at radius 1 is 1.26 bits per heavy atom. The quantitative estimate of drug-likeness (QED) is 0.588. The van der Waals surface area contributed by atoms with E-state index in [9.17, 15) is 18.0 Å². The Hall–Kier alpha value is -2.31. The van der Waals surface area contributed by atoms with Gasteiger partial charge in [-0.15, -0.1) is 0 Å². The summed E-state index contributed by atoms with van der Waals surface area (Å²) < 4.78 is 48.7. The number of hydrogen-bond donors (Lipinski definition) is 0. The van der Waals surface area contributed by atoms with Crippen LogP contribution in [0.2, 0.25) is 0 Å². The predicted octanol–water partition coefficient (Wildman–Crippen LogP) is 4.25. The number of aromatic nitrogens is 1. The fourth-order valence-electron chi connectivity index (χ4n) is 2.15. The van der Waals surface area contributed by atoms with Crippen molar-refractivity contribution in [2.75, 3.05) is 7.11 Å². The molecule has 0 N–H and O–H groups in total. The van der Waals surface area contributed by atoms with Gasteiger partial charge in [-0.1, -0.05) is 18.2 Å². The Balaban J connectivity index is 2.04. The number of esters is 1. The second kappa shape index (κ2) is 7.30. The number of oxazole rings is 1. The van der Waals surface area contributed by atoms with E-state index in [-0.39, 0.29) is 17.2 Å². The highest BCUT2D eigenvalue weighted by atomic mass is 19.4. The smallest absolute Gasteiger partial charge is 0.417 e. The van der Waals surface area contributed by atoms with Gasteiger partial charge in [0.1, 0.15) is 12.0 Å². The van der Waals surface area contributed by atoms with Crippen LogP contribution >= 0.6 is 0 Å². The monoisotopic (exact) mass is 327 g/mol. The Kier molecular flexibility index (Phi) is 5.41. The minimum absolute atomic E-state index is 0.00967. The molecule has 0 bridgehead atoms. The van der Waals surface area contributed by atoms with E-state index in [1.807, 2.05) is 0 Å². The highest BCUT2D eigenvalue weighted by Crippen LogP contribution is 2.36. The van der Waals surface area contributed by atoms with Gasteiger partial charge >= 0.3 is 12.1 Å². The van der Waals surface area contributed by atoms with Crippen LogP contribution in [0.5, 0.6) is 0 Å². The normalized spacial score (nSPS) is 11.5. The van der Waals surface area contributed by atoms with Gasteiger partial charge in [-0.25, -0.2) is 4.98 Å². The highest BCUT2D eigenvalue weighted by molar-refractivity contribution is 5.69. The van der Waals surface area contributed by atoms with Crippen molar-refractivity contribution in [3.63, 3.8) is 0 Å². The first-order chi connectivity index (χ1) is 10.9. The minimum atomic E-state index is -4.45. The van der Waals surface area contributed by atoms with Crippen molar-refractivity contribution in [3.05, 3.63) is 42.0 Å². The summed E-state index contributed by atoms with van der Waals surface area (Å²) >= 11 is 0. The summed E-state index contributed by atoms with van der Waals surface area (Å²) in [6.07, 6.45) is -1.25. The number of ether oxygens (including phenoxy) is 1. The van der Waals surface area contributed by atoms with Crippen molar-refractivity contribution in [2.45, 2.75) is 31.9 Å². The maximum absolute atomic E-state index is 13.0. The molecule has 0 spiro atoms. The van der Waals surface area contributed by atoms with Gasteiger partial charge in [-0.3, -0.25) is 4.79 Å². The summed E-state index contributed by atoms with van der Waals surface area (Å²) in [5, 5.41) is 0. The highest BCUT2D eigenvalue weighted by Gasteiger charge is 2.33. The van der Waals surface area contributed by atoms with Crippen LogP contribution in [0.25, 0.3) is 11.3 Å². The summed E-state index contributed by atoms with van der Waals surface area (Å²) in [5.41, 5.74) is -0.601. The molecular weight excluding hydrogens is 311 g/mol. The third-order valence-corrected chi connectivity index (χ3v) is 3.31. The van der Waals surface area contributed by atoms with Crippen molar-refractivity contribution in [1.29, 1.82) is 0 Å². The molecule has 0 aliphatic heterocycles. The third-order valence-electron chi connectivity index (χ3n) is 3.31. The average molecular weight is 327 g/mol. The summed E-state index contributed by atoms with van der Waals surface area (Å²) in [5.74, 6) is 0.0547. The molecule has 2 rings (SSSR count). The largest absolute Gasteiger partial charge is 0.469 e. The predicted molar refractivity (Wildman–Crippen MR) is 76.5 cm³/mol. The first-order valence-electron chi connectivity index (χ1n) is 7.09. The number of carbonyl (C=O) groups is 1. The molecule has 2 aromatic rings. The fourth-order valence-corrected chi connectivity index (χ4v) is 2.15. The lowest BCUT2D eigenvalue weighted by molar-refractivity contribution is -0.140. The van der Waals surface area contributed by atoms with E-state index in [4.69, 9.17) is 4.42 Å². The van der Waals surface area contributed by atoms with E-state index in [1.165, 1.54) is 31.6 Å². The molecule has 0 radical (unpaired) electrons. The molecule has 124 valence electrons. The molecule has 0 saturated heterocycles. The molecule has 0 amide bonds. The van der Waals surface area contributed by atoms with Crippen LogP contribution in [0.15, 0.2) is 34.9 Å². The van der Waals surface area contributed by atoms with Gasteiger partial charge in [0.15, 0.2) is 5.89 Å². The number of halogens is 3. The summed E-state index contributed by atoms with van der Waals surface area (Å²) in [6.45, 7) is 0. The number of unbranched alkanes of at least 4 members (excludes halogenated alkanes) is 1. The topological polar surface area (TPSA) is 52.3 Å². The van der Waals surface area contributed by atoms with Crippen molar-refractivity contribution in [2.24, 2.45) is 0 Å². The molecule has 1 aromatic heterocycles. The van der Waals surface area contributed by atoms with Gasteiger partial charge < -0.3 is 9.15 Å². The van der Waals surface area contributed by atoms with E-state index < -0.39 is 11.7 Å². The summed E-state index contributed by atoms with van der Waals surface area (Å²) in [7, 11) is 1.32. The summed E-state index contributed by atoms with van der Waals surface area (Å²) in [4.78, 5) is 15.1. The number of rotatable bonds is 6. The van der Waals surface area contributed by atoms with Gasteiger partial charge in [0.05, 0.1) is 12.7 Å². The average Bonchev–Trinajstić information content (AvgIpc) is 2.99. The van der Waals surface area contributed by atoms with E-state index in [0.717, 1.165) is 6.07 Å². The van der Waals surface area contributed by atoms with Gasteiger partial charge in [-0.2, -0.15) is 13.2 Å². The number of alkyl halides is 3. The standard InChI is InChI=1S/C16H16F3NO3/c1-22-15(21)9-5-4-8-14-20-13(10-23-14)11-6-2-3-7-12(11)16(17,18)19/h2-3,6-7,10H,4-5,8-9H2,1H3. The van der Waals surface area contributed by atoms with Gasteiger partial charge in [0.25, 0.3) is 0 Å². The van der Waals surface area contributed by atoms with E-state index in [0.29, 0.717) is 31.6 Å². The lowest BCUT2D eigenvalue weighted by Crippen LogP contribution is -2.06. The van der Waals surface area contributed by atoms with Crippen LogP contribution in [0.4, 0.5) is 13.2 Å². The Bertz CT molecular complexity index is 665. The molecule has 0 saturated carbocycles. The second-order valence-electron chi connectivity index (χ2n) is 4.95. The van der Waals surface area contributed by atoms with Gasteiger partial charge in [0, 0.05) is 18.4 Å². The Morgan fingerprint density at radius 2 is 2.00 bits per heavy atom. The van der Waals surface area contributed by atoms with Gasteiger partial charge in [0.2, 0.25) is 0 Å². The second-order valence-corrected chi connectivity index (χ2v) is 4.95. The molecule has 0 aliphatic rings. The molecule has 0 atom stereocenters. The third kappa shape index (κ3) is 4.58. The molecule has 0 fully saturated rings. The zero-order chi connectivity index (χ0) is 16.9. The summed E-state index contributed by atoms with van der Waals surface area (Å²) in [6, 6.07) is 5.23. The fraction of sp³-hybridized carbons (Fsp3) is 0.375. The van der Waals surface area contributed by atoms with Crippen LogP contribution in [0.3, 0.4) is 0 Å². The zero-order valence-corrected chi connectivity index (χ0v) is 12.5. The molecule has 0 unspecified atom stereocenters. The molecule has 0 aliphatic carbocycles. The van der Waals surface area contributed by atoms with Crippen LogP contribution in [-0.4, -0.2) is 18.1 Å². The SMILES string of the molecule is COC(=O)CCCCc1nc(-c2ccccc2C(F)(F)F)co1. The number of hydrogen-bond acceptors (Lipinski definition) is 4. The molecule has 23 heavy (non-hydrogen) atoms. The number of aryl methyl sites for hydroxylation is 1. The number of benzene rings is 1. The first kappa shape index (κ1) is 17.1. The van der Waals surface area contributed by atoms with E-state index in [1.54, 1.807) is 0 Å².